The Bertz CT molecular complexity index is 1110. The Labute approximate surface area is 184 Å². The molecule has 0 saturated carbocycles. The third-order valence-corrected chi connectivity index (χ3v) is 7.27. The third kappa shape index (κ3) is 4.37. The molecule has 0 bridgehead atoms. The first-order valence-corrected chi connectivity index (χ1v) is 12.0. The van der Waals surface area contributed by atoms with Gasteiger partial charge in [0.2, 0.25) is 5.91 Å². The maximum Gasteiger partial charge on any atom is 0.341 e. The summed E-state index contributed by atoms with van der Waals surface area (Å²) in [6, 6.07) is 10.0. The Balaban J connectivity index is 1.49. The van der Waals surface area contributed by atoms with Crippen molar-refractivity contribution in [2.24, 2.45) is 0 Å². The summed E-state index contributed by atoms with van der Waals surface area (Å²) in [4.78, 5) is 31.1. The molecular formula is C23H24N2O3S2. The number of rotatable bonds is 6. The molecule has 0 spiro atoms. The molecule has 3 aromatic rings. The van der Waals surface area contributed by atoms with Crippen LogP contribution in [-0.2, 0) is 22.4 Å². The van der Waals surface area contributed by atoms with Crippen molar-refractivity contribution in [3.05, 3.63) is 51.9 Å². The quantitative estimate of drug-likeness (QED) is 0.411. The minimum Gasteiger partial charge on any atom is -0.462 e. The summed E-state index contributed by atoms with van der Waals surface area (Å²) in [6.07, 6.45) is 4.00. The number of nitrogens with zero attached hydrogens (tertiary/aromatic N) is 1. The number of anilines is 1. The van der Waals surface area contributed by atoms with E-state index in [0.29, 0.717) is 17.2 Å². The van der Waals surface area contributed by atoms with Crippen LogP contribution in [0.3, 0.4) is 0 Å². The van der Waals surface area contributed by atoms with Crippen molar-refractivity contribution < 1.29 is 14.3 Å². The van der Waals surface area contributed by atoms with E-state index >= 15 is 0 Å². The fraction of sp³-hybridized carbons (Fsp3) is 0.348. The molecule has 156 valence electrons. The molecule has 0 unspecified atom stereocenters. The fourth-order valence-corrected chi connectivity index (χ4v) is 5.84. The van der Waals surface area contributed by atoms with Crippen LogP contribution in [0.25, 0.3) is 10.9 Å². The van der Waals surface area contributed by atoms with Crippen LogP contribution in [0.2, 0.25) is 0 Å². The number of nitrogens with one attached hydrogen (secondary N) is 1. The number of amides is 1. The molecule has 1 N–H and O–H groups in total. The molecular weight excluding hydrogens is 416 g/mol. The Kier molecular flexibility index (Phi) is 6.39. The summed E-state index contributed by atoms with van der Waals surface area (Å²) in [7, 11) is 0. The number of hydrogen-bond donors (Lipinski definition) is 1. The van der Waals surface area contributed by atoms with Crippen molar-refractivity contribution in [1.82, 2.24) is 4.98 Å². The van der Waals surface area contributed by atoms with Gasteiger partial charge in [0.05, 0.1) is 28.5 Å². The normalized spacial score (nSPS) is 13.1. The zero-order valence-electron chi connectivity index (χ0n) is 17.1. The van der Waals surface area contributed by atoms with Gasteiger partial charge in [-0.15, -0.1) is 11.3 Å². The van der Waals surface area contributed by atoms with E-state index in [-0.39, 0.29) is 17.6 Å². The standard InChI is InChI=1S/C23H24N2O3S2/c1-3-28-23(27)21-16-9-5-7-11-18(16)30-22(21)25-19(26)13-29-20-12-14(2)15-8-4-6-10-17(15)24-20/h4,6,8,10,12H,3,5,7,9,11,13H2,1-2H3,(H,25,26). The van der Waals surface area contributed by atoms with Crippen LogP contribution in [-0.4, -0.2) is 29.2 Å². The maximum absolute atomic E-state index is 12.7. The van der Waals surface area contributed by atoms with Crippen LogP contribution in [0.4, 0.5) is 5.00 Å². The van der Waals surface area contributed by atoms with E-state index in [1.54, 1.807) is 6.92 Å². The predicted octanol–water partition coefficient (Wildman–Crippen LogP) is 5.39. The van der Waals surface area contributed by atoms with E-state index < -0.39 is 0 Å². The van der Waals surface area contributed by atoms with Gasteiger partial charge in [-0.1, -0.05) is 30.0 Å². The van der Waals surface area contributed by atoms with E-state index in [1.165, 1.54) is 28.0 Å². The summed E-state index contributed by atoms with van der Waals surface area (Å²) >= 11 is 2.91. The van der Waals surface area contributed by atoms with Gasteiger partial charge in [-0.2, -0.15) is 0 Å². The van der Waals surface area contributed by atoms with E-state index in [0.717, 1.165) is 52.7 Å². The Morgan fingerprint density at radius 2 is 2.03 bits per heavy atom. The SMILES string of the molecule is CCOC(=O)c1c(NC(=O)CSc2cc(C)c3ccccc3n2)sc2c1CCCC2. The Morgan fingerprint density at radius 1 is 1.23 bits per heavy atom. The first kappa shape index (κ1) is 20.9. The van der Waals surface area contributed by atoms with Crippen molar-refractivity contribution in [2.45, 2.75) is 44.6 Å². The molecule has 0 radical (unpaired) electrons. The lowest BCUT2D eigenvalue weighted by atomic mass is 9.95. The van der Waals surface area contributed by atoms with Crippen LogP contribution in [0.1, 0.15) is 46.1 Å². The highest BCUT2D eigenvalue weighted by atomic mass is 32.2. The number of pyridine rings is 1. The second-order valence-electron chi connectivity index (χ2n) is 7.27. The van der Waals surface area contributed by atoms with Gasteiger partial charge >= 0.3 is 5.97 Å². The van der Waals surface area contributed by atoms with Gasteiger partial charge in [-0.3, -0.25) is 4.79 Å². The summed E-state index contributed by atoms with van der Waals surface area (Å²) < 4.78 is 5.26. The molecule has 0 saturated heterocycles. The molecule has 1 amide bonds. The van der Waals surface area contributed by atoms with Gasteiger partial charge in [-0.25, -0.2) is 9.78 Å². The molecule has 0 fully saturated rings. The monoisotopic (exact) mass is 440 g/mol. The number of benzene rings is 1. The average molecular weight is 441 g/mol. The second kappa shape index (κ2) is 9.18. The molecule has 30 heavy (non-hydrogen) atoms. The average Bonchev–Trinajstić information content (AvgIpc) is 3.10. The number of carbonyl (C=O) groups is 2. The molecule has 0 aliphatic heterocycles. The highest BCUT2D eigenvalue weighted by Gasteiger charge is 2.27. The maximum atomic E-state index is 12.7. The smallest absolute Gasteiger partial charge is 0.341 e. The molecule has 1 aromatic carbocycles. The van der Waals surface area contributed by atoms with Crippen LogP contribution >= 0.6 is 23.1 Å². The highest BCUT2D eigenvalue weighted by Crippen LogP contribution is 2.38. The summed E-state index contributed by atoms with van der Waals surface area (Å²) in [6.45, 7) is 4.17. The van der Waals surface area contributed by atoms with Crippen LogP contribution in [0, 0.1) is 6.92 Å². The van der Waals surface area contributed by atoms with Gasteiger partial charge in [0.25, 0.3) is 0 Å². The predicted molar refractivity (Wildman–Crippen MR) is 123 cm³/mol. The van der Waals surface area contributed by atoms with Gasteiger partial charge in [0.15, 0.2) is 0 Å². The minimum absolute atomic E-state index is 0.142. The van der Waals surface area contributed by atoms with E-state index in [1.807, 2.05) is 30.3 Å². The molecule has 4 rings (SSSR count). The zero-order chi connectivity index (χ0) is 21.1. The number of esters is 1. The molecule has 5 nitrogen and oxygen atoms in total. The fourth-order valence-electron chi connectivity index (χ4n) is 3.77. The van der Waals surface area contributed by atoms with Crippen molar-refractivity contribution in [1.29, 1.82) is 0 Å². The number of hydrogen-bond acceptors (Lipinski definition) is 6. The molecule has 0 atom stereocenters. The van der Waals surface area contributed by atoms with Crippen molar-refractivity contribution in [2.75, 3.05) is 17.7 Å². The highest BCUT2D eigenvalue weighted by molar-refractivity contribution is 7.99. The number of ether oxygens (including phenoxy) is 1. The first-order valence-electron chi connectivity index (χ1n) is 10.2. The number of aromatic nitrogens is 1. The molecule has 1 aliphatic carbocycles. The largest absolute Gasteiger partial charge is 0.462 e. The van der Waals surface area contributed by atoms with Gasteiger partial charge < -0.3 is 10.1 Å². The zero-order valence-corrected chi connectivity index (χ0v) is 18.8. The number of fused-ring (bicyclic) bond motifs is 2. The van der Waals surface area contributed by atoms with Crippen LogP contribution in [0.5, 0.6) is 0 Å². The number of thioether (sulfide) groups is 1. The van der Waals surface area contributed by atoms with Gasteiger partial charge in [0, 0.05) is 10.3 Å². The van der Waals surface area contributed by atoms with Crippen LogP contribution in [0.15, 0.2) is 35.4 Å². The number of para-hydroxylation sites is 1. The number of carbonyl (C=O) groups excluding carboxylic acids is 2. The number of thiophene rings is 1. The topological polar surface area (TPSA) is 68.3 Å². The molecule has 7 heteroatoms. The lowest BCUT2D eigenvalue weighted by Crippen LogP contribution is -2.17. The van der Waals surface area contributed by atoms with E-state index in [4.69, 9.17) is 4.74 Å². The minimum atomic E-state index is -0.341. The van der Waals surface area contributed by atoms with E-state index in [2.05, 4.69) is 17.2 Å². The molecule has 2 aromatic heterocycles. The first-order chi connectivity index (χ1) is 14.6. The van der Waals surface area contributed by atoms with Gasteiger partial charge in [-0.05, 0) is 62.8 Å². The second-order valence-corrected chi connectivity index (χ2v) is 9.37. The number of aryl methyl sites for hydroxylation is 2. The van der Waals surface area contributed by atoms with Crippen molar-refractivity contribution >= 4 is 50.9 Å². The van der Waals surface area contributed by atoms with E-state index in [9.17, 15) is 9.59 Å². The van der Waals surface area contributed by atoms with Crippen molar-refractivity contribution in [3.63, 3.8) is 0 Å². The lowest BCUT2D eigenvalue weighted by Gasteiger charge is -2.12. The summed E-state index contributed by atoms with van der Waals surface area (Å²) in [5.74, 6) is -0.251. The lowest BCUT2D eigenvalue weighted by molar-refractivity contribution is -0.113. The summed E-state index contributed by atoms with van der Waals surface area (Å²) in [5, 5.41) is 5.52. The molecule has 1 aliphatic rings. The van der Waals surface area contributed by atoms with Crippen molar-refractivity contribution in [3.8, 4) is 0 Å². The third-order valence-electron chi connectivity index (χ3n) is 5.15. The Hall–Kier alpha value is -2.38. The van der Waals surface area contributed by atoms with Gasteiger partial charge in [0.1, 0.15) is 5.00 Å². The Morgan fingerprint density at radius 3 is 2.87 bits per heavy atom. The summed E-state index contributed by atoms with van der Waals surface area (Å²) in [5.41, 5.74) is 3.67. The van der Waals surface area contributed by atoms with Crippen LogP contribution < -0.4 is 5.32 Å². The molecule has 2 heterocycles.